The van der Waals surface area contributed by atoms with E-state index in [1.165, 1.54) is 29.7 Å². The molecular weight excluding hydrogens is 236 g/mol. The predicted molar refractivity (Wildman–Crippen MR) is 63.3 cm³/mol. The Balaban J connectivity index is 1.78. The standard InChI is InChI=1S/C13H13F2N3/c14-10-1-4-13(12(15)5-10)18-8-9(7-17-18)6-16-11-2-3-11/h1,4-5,7-8,11,16H,2-3,6H2. The van der Waals surface area contributed by atoms with Crippen molar-refractivity contribution >= 4 is 0 Å². The number of nitrogens with one attached hydrogen (secondary N) is 1. The van der Waals surface area contributed by atoms with Crippen molar-refractivity contribution < 1.29 is 8.78 Å². The lowest BCUT2D eigenvalue weighted by atomic mass is 10.3. The summed E-state index contributed by atoms with van der Waals surface area (Å²) in [5, 5.41) is 7.44. The summed E-state index contributed by atoms with van der Waals surface area (Å²) in [7, 11) is 0. The Morgan fingerprint density at radius 1 is 1.33 bits per heavy atom. The van der Waals surface area contributed by atoms with E-state index in [-0.39, 0.29) is 5.69 Å². The van der Waals surface area contributed by atoms with Gasteiger partial charge in [-0.15, -0.1) is 0 Å². The highest BCUT2D eigenvalue weighted by Crippen LogP contribution is 2.19. The predicted octanol–water partition coefficient (Wildman–Crippen LogP) is 2.40. The fourth-order valence-electron chi connectivity index (χ4n) is 1.80. The van der Waals surface area contributed by atoms with Gasteiger partial charge >= 0.3 is 0 Å². The van der Waals surface area contributed by atoms with Gasteiger partial charge in [0.25, 0.3) is 0 Å². The number of rotatable bonds is 4. The maximum atomic E-state index is 13.6. The maximum absolute atomic E-state index is 13.6. The molecule has 94 valence electrons. The van der Waals surface area contributed by atoms with Crippen molar-refractivity contribution in [3.63, 3.8) is 0 Å². The third-order valence-electron chi connectivity index (χ3n) is 2.96. The van der Waals surface area contributed by atoms with E-state index >= 15 is 0 Å². The number of hydrogen-bond donors (Lipinski definition) is 1. The summed E-state index contributed by atoms with van der Waals surface area (Å²) in [4.78, 5) is 0. The second-order valence-corrected chi connectivity index (χ2v) is 4.54. The summed E-state index contributed by atoms with van der Waals surface area (Å²) >= 11 is 0. The van der Waals surface area contributed by atoms with Crippen molar-refractivity contribution in [2.45, 2.75) is 25.4 Å². The largest absolute Gasteiger partial charge is 0.310 e. The van der Waals surface area contributed by atoms with Crippen LogP contribution in [-0.4, -0.2) is 15.8 Å². The van der Waals surface area contributed by atoms with E-state index in [0.29, 0.717) is 6.04 Å². The molecule has 0 radical (unpaired) electrons. The van der Waals surface area contributed by atoms with E-state index < -0.39 is 11.6 Å². The van der Waals surface area contributed by atoms with E-state index in [4.69, 9.17) is 0 Å². The summed E-state index contributed by atoms with van der Waals surface area (Å²) in [6.07, 6.45) is 5.89. The van der Waals surface area contributed by atoms with Crippen molar-refractivity contribution in [1.29, 1.82) is 0 Å². The molecule has 1 aromatic heterocycles. The molecular formula is C13H13F2N3. The van der Waals surface area contributed by atoms with Crippen molar-refractivity contribution in [2.24, 2.45) is 0 Å². The normalized spacial score (nSPS) is 15.0. The molecule has 3 nitrogen and oxygen atoms in total. The minimum atomic E-state index is -0.611. The molecule has 1 aliphatic rings. The van der Waals surface area contributed by atoms with Gasteiger partial charge in [-0.2, -0.15) is 5.10 Å². The van der Waals surface area contributed by atoms with Gasteiger partial charge in [0.15, 0.2) is 5.82 Å². The summed E-state index contributed by atoms with van der Waals surface area (Å²) in [6.45, 7) is 0.730. The topological polar surface area (TPSA) is 29.9 Å². The number of benzene rings is 1. The molecule has 0 bridgehead atoms. The Hall–Kier alpha value is -1.75. The van der Waals surface area contributed by atoms with Crippen molar-refractivity contribution in [3.05, 3.63) is 47.8 Å². The van der Waals surface area contributed by atoms with E-state index in [2.05, 4.69) is 10.4 Å². The number of hydrogen-bond acceptors (Lipinski definition) is 2. The number of aromatic nitrogens is 2. The van der Waals surface area contributed by atoms with Gasteiger partial charge in [0.1, 0.15) is 11.5 Å². The molecule has 0 unspecified atom stereocenters. The van der Waals surface area contributed by atoms with E-state index in [1.54, 1.807) is 12.4 Å². The molecule has 1 fully saturated rings. The smallest absolute Gasteiger partial charge is 0.151 e. The Bertz CT molecular complexity index is 561. The summed E-state index contributed by atoms with van der Waals surface area (Å²) in [5.74, 6) is -1.20. The highest BCUT2D eigenvalue weighted by atomic mass is 19.1. The average Bonchev–Trinajstić information content (AvgIpc) is 3.05. The highest BCUT2D eigenvalue weighted by molar-refractivity contribution is 5.33. The zero-order valence-electron chi connectivity index (χ0n) is 9.74. The van der Waals surface area contributed by atoms with Gasteiger partial charge in [-0.3, -0.25) is 0 Å². The van der Waals surface area contributed by atoms with Crippen LogP contribution in [0.5, 0.6) is 0 Å². The monoisotopic (exact) mass is 249 g/mol. The summed E-state index contributed by atoms with van der Waals surface area (Å²) in [5.41, 5.74) is 1.25. The molecule has 1 aliphatic carbocycles. The van der Waals surface area contributed by atoms with Crippen molar-refractivity contribution in [2.75, 3.05) is 0 Å². The van der Waals surface area contributed by atoms with Crippen LogP contribution in [0.3, 0.4) is 0 Å². The van der Waals surface area contributed by atoms with Crippen LogP contribution < -0.4 is 5.32 Å². The van der Waals surface area contributed by atoms with Crippen LogP contribution in [0.2, 0.25) is 0 Å². The molecule has 0 spiro atoms. The van der Waals surface area contributed by atoms with Gasteiger partial charge in [0.05, 0.1) is 6.20 Å². The van der Waals surface area contributed by atoms with E-state index in [9.17, 15) is 8.78 Å². The van der Waals surface area contributed by atoms with E-state index in [0.717, 1.165) is 18.2 Å². The van der Waals surface area contributed by atoms with E-state index in [1.807, 2.05) is 0 Å². The Labute approximate surface area is 103 Å². The lowest BCUT2D eigenvalue weighted by Gasteiger charge is -2.02. The summed E-state index contributed by atoms with van der Waals surface area (Å²) < 4.78 is 27.8. The van der Waals surface area contributed by atoms with Gasteiger partial charge in [-0.1, -0.05) is 0 Å². The maximum Gasteiger partial charge on any atom is 0.151 e. The molecule has 18 heavy (non-hydrogen) atoms. The lowest BCUT2D eigenvalue weighted by Crippen LogP contribution is -2.14. The molecule has 0 amide bonds. The molecule has 0 saturated heterocycles. The third-order valence-corrected chi connectivity index (χ3v) is 2.96. The Morgan fingerprint density at radius 3 is 2.89 bits per heavy atom. The number of nitrogens with zero attached hydrogens (tertiary/aromatic N) is 2. The minimum absolute atomic E-state index is 0.258. The fourth-order valence-corrected chi connectivity index (χ4v) is 1.80. The molecule has 0 atom stereocenters. The van der Waals surface area contributed by atoms with Gasteiger partial charge in [-0.25, -0.2) is 13.5 Å². The second-order valence-electron chi connectivity index (χ2n) is 4.54. The Morgan fingerprint density at radius 2 is 2.17 bits per heavy atom. The van der Waals surface area contributed by atoms with Crippen molar-refractivity contribution in [1.82, 2.24) is 15.1 Å². The van der Waals surface area contributed by atoms with Crippen LogP contribution in [0.15, 0.2) is 30.6 Å². The van der Waals surface area contributed by atoms with Gasteiger partial charge in [-0.05, 0) is 25.0 Å². The first-order valence-electron chi connectivity index (χ1n) is 5.95. The lowest BCUT2D eigenvalue weighted by molar-refractivity contribution is 0.573. The van der Waals surface area contributed by atoms with Crippen LogP contribution in [0.1, 0.15) is 18.4 Å². The molecule has 2 aromatic rings. The van der Waals surface area contributed by atoms with Crippen LogP contribution in [-0.2, 0) is 6.54 Å². The van der Waals surface area contributed by atoms with Crippen LogP contribution >= 0.6 is 0 Å². The first-order chi connectivity index (χ1) is 8.72. The van der Waals surface area contributed by atoms with Gasteiger partial charge < -0.3 is 5.32 Å². The van der Waals surface area contributed by atoms with Crippen molar-refractivity contribution in [3.8, 4) is 5.69 Å². The first-order valence-corrected chi connectivity index (χ1v) is 5.95. The molecule has 1 saturated carbocycles. The molecule has 3 rings (SSSR count). The molecule has 1 aromatic carbocycles. The zero-order chi connectivity index (χ0) is 12.5. The average molecular weight is 249 g/mol. The molecule has 0 aliphatic heterocycles. The quantitative estimate of drug-likeness (QED) is 0.901. The van der Waals surface area contributed by atoms with Crippen LogP contribution in [0.25, 0.3) is 5.69 Å². The third kappa shape index (κ3) is 2.41. The highest BCUT2D eigenvalue weighted by Gasteiger charge is 2.20. The van der Waals surface area contributed by atoms with Crippen LogP contribution in [0.4, 0.5) is 8.78 Å². The van der Waals surface area contributed by atoms with Gasteiger partial charge in [0.2, 0.25) is 0 Å². The van der Waals surface area contributed by atoms with Crippen LogP contribution in [0, 0.1) is 11.6 Å². The first kappa shape index (κ1) is 11.3. The minimum Gasteiger partial charge on any atom is -0.310 e. The molecule has 1 N–H and O–H groups in total. The summed E-state index contributed by atoms with van der Waals surface area (Å²) in [6, 6.07) is 4.09. The Kier molecular flexibility index (Phi) is 2.83. The fraction of sp³-hybridized carbons (Fsp3) is 0.308. The molecule has 1 heterocycles. The zero-order valence-corrected chi connectivity index (χ0v) is 9.74. The SMILES string of the molecule is Fc1ccc(-n2cc(CNC3CC3)cn2)c(F)c1. The molecule has 5 heteroatoms. The number of halogens is 2. The second kappa shape index (κ2) is 4.49. The van der Waals surface area contributed by atoms with Gasteiger partial charge in [0, 0.05) is 30.4 Å².